The first kappa shape index (κ1) is 14.6. The number of benzene rings is 3. The van der Waals surface area contributed by atoms with Gasteiger partial charge >= 0.3 is 0 Å². The Bertz CT molecular complexity index is 719. The van der Waals surface area contributed by atoms with Crippen molar-refractivity contribution in [3.05, 3.63) is 78.4 Å². The Morgan fingerprint density at radius 2 is 1.59 bits per heavy atom. The standard InChI is InChI=1S/C20H21NO/c1-21-19(17-9-3-2-4-10-17)14-15-22-20-13-7-11-16-8-5-6-12-18(16)20/h2-13,19,21H,14-15H2,1H3. The molecular formula is C20H21NO. The van der Waals surface area contributed by atoms with E-state index in [4.69, 9.17) is 4.74 Å². The molecule has 0 aromatic heterocycles. The van der Waals surface area contributed by atoms with E-state index < -0.39 is 0 Å². The summed E-state index contributed by atoms with van der Waals surface area (Å²) in [5.41, 5.74) is 1.30. The fourth-order valence-corrected chi connectivity index (χ4v) is 2.77. The summed E-state index contributed by atoms with van der Waals surface area (Å²) in [7, 11) is 2.00. The highest BCUT2D eigenvalue weighted by Crippen LogP contribution is 2.26. The van der Waals surface area contributed by atoms with Crippen molar-refractivity contribution in [3.8, 4) is 5.75 Å². The van der Waals surface area contributed by atoms with Crippen molar-refractivity contribution in [3.63, 3.8) is 0 Å². The number of ether oxygens (including phenoxy) is 1. The molecule has 0 bridgehead atoms. The molecule has 0 radical (unpaired) electrons. The molecule has 0 aliphatic rings. The molecule has 0 aliphatic heterocycles. The summed E-state index contributed by atoms with van der Waals surface area (Å²) in [6.45, 7) is 0.689. The van der Waals surface area contributed by atoms with Gasteiger partial charge in [0.2, 0.25) is 0 Å². The molecule has 1 unspecified atom stereocenters. The summed E-state index contributed by atoms with van der Waals surface area (Å²) in [5.74, 6) is 0.959. The highest BCUT2D eigenvalue weighted by atomic mass is 16.5. The average Bonchev–Trinajstić information content (AvgIpc) is 2.59. The first-order valence-corrected chi connectivity index (χ1v) is 7.71. The Balaban J connectivity index is 1.67. The molecule has 0 fully saturated rings. The predicted molar refractivity (Wildman–Crippen MR) is 92.3 cm³/mol. The van der Waals surface area contributed by atoms with Gasteiger partial charge in [-0.15, -0.1) is 0 Å². The summed E-state index contributed by atoms with van der Waals surface area (Å²) >= 11 is 0. The lowest BCUT2D eigenvalue weighted by molar-refractivity contribution is 0.293. The number of hydrogen-bond donors (Lipinski definition) is 1. The van der Waals surface area contributed by atoms with Crippen LogP contribution in [-0.2, 0) is 0 Å². The number of hydrogen-bond acceptors (Lipinski definition) is 2. The van der Waals surface area contributed by atoms with Gasteiger partial charge in [-0.1, -0.05) is 66.7 Å². The Labute approximate surface area is 131 Å². The summed E-state index contributed by atoms with van der Waals surface area (Å²) in [6, 6.07) is 25.3. The molecule has 0 saturated heterocycles. The minimum absolute atomic E-state index is 0.316. The normalized spacial score (nSPS) is 12.2. The highest BCUT2D eigenvalue weighted by molar-refractivity contribution is 5.88. The minimum atomic E-state index is 0.316. The second kappa shape index (κ2) is 7.10. The van der Waals surface area contributed by atoms with E-state index in [1.54, 1.807) is 0 Å². The van der Waals surface area contributed by atoms with Gasteiger partial charge in [0.1, 0.15) is 5.75 Å². The Hall–Kier alpha value is -2.32. The molecule has 22 heavy (non-hydrogen) atoms. The van der Waals surface area contributed by atoms with E-state index in [1.165, 1.54) is 16.3 Å². The van der Waals surface area contributed by atoms with Crippen LogP contribution in [0.3, 0.4) is 0 Å². The topological polar surface area (TPSA) is 21.3 Å². The van der Waals surface area contributed by atoms with E-state index in [9.17, 15) is 0 Å². The Kier molecular flexibility index (Phi) is 4.71. The largest absolute Gasteiger partial charge is 0.493 e. The quantitative estimate of drug-likeness (QED) is 0.718. The van der Waals surface area contributed by atoms with Crippen LogP contribution in [-0.4, -0.2) is 13.7 Å². The molecule has 3 aromatic rings. The smallest absolute Gasteiger partial charge is 0.127 e. The van der Waals surface area contributed by atoms with E-state index in [-0.39, 0.29) is 0 Å². The van der Waals surface area contributed by atoms with E-state index >= 15 is 0 Å². The Morgan fingerprint density at radius 1 is 0.864 bits per heavy atom. The van der Waals surface area contributed by atoms with Gasteiger partial charge in [0, 0.05) is 17.8 Å². The van der Waals surface area contributed by atoms with Gasteiger partial charge < -0.3 is 10.1 Å². The maximum Gasteiger partial charge on any atom is 0.127 e. The zero-order valence-corrected chi connectivity index (χ0v) is 12.8. The van der Waals surface area contributed by atoms with E-state index in [1.807, 2.05) is 25.2 Å². The molecule has 3 rings (SSSR count). The first-order chi connectivity index (χ1) is 10.9. The second-order valence-electron chi connectivity index (χ2n) is 5.37. The van der Waals surface area contributed by atoms with Crippen molar-refractivity contribution in [2.45, 2.75) is 12.5 Å². The molecule has 2 heteroatoms. The molecular weight excluding hydrogens is 270 g/mol. The van der Waals surface area contributed by atoms with Gasteiger partial charge in [-0.2, -0.15) is 0 Å². The summed E-state index contributed by atoms with van der Waals surface area (Å²) < 4.78 is 6.03. The van der Waals surface area contributed by atoms with Gasteiger partial charge in [0.15, 0.2) is 0 Å². The molecule has 112 valence electrons. The molecule has 0 spiro atoms. The fourth-order valence-electron chi connectivity index (χ4n) is 2.77. The Morgan fingerprint density at radius 3 is 2.41 bits per heavy atom. The van der Waals surface area contributed by atoms with Gasteiger partial charge in [0.25, 0.3) is 0 Å². The molecule has 0 aliphatic carbocycles. The van der Waals surface area contributed by atoms with Crippen LogP contribution in [0.2, 0.25) is 0 Å². The van der Waals surface area contributed by atoms with Crippen molar-refractivity contribution < 1.29 is 4.74 Å². The third-order valence-corrected chi connectivity index (χ3v) is 3.96. The van der Waals surface area contributed by atoms with Crippen LogP contribution in [0.15, 0.2) is 72.8 Å². The number of rotatable bonds is 6. The fraction of sp³-hybridized carbons (Fsp3) is 0.200. The summed E-state index contributed by atoms with van der Waals surface area (Å²) in [4.78, 5) is 0. The van der Waals surface area contributed by atoms with Crippen molar-refractivity contribution in [1.29, 1.82) is 0 Å². The highest BCUT2D eigenvalue weighted by Gasteiger charge is 2.09. The van der Waals surface area contributed by atoms with Gasteiger partial charge in [-0.3, -0.25) is 0 Å². The molecule has 2 nitrogen and oxygen atoms in total. The van der Waals surface area contributed by atoms with Crippen molar-refractivity contribution >= 4 is 10.8 Å². The average molecular weight is 291 g/mol. The number of fused-ring (bicyclic) bond motifs is 1. The van der Waals surface area contributed by atoms with E-state index in [0.717, 1.165) is 12.2 Å². The van der Waals surface area contributed by atoms with Crippen LogP contribution in [0, 0.1) is 0 Å². The van der Waals surface area contributed by atoms with Crippen LogP contribution in [0.1, 0.15) is 18.0 Å². The third-order valence-electron chi connectivity index (χ3n) is 3.96. The molecule has 1 atom stereocenters. The summed E-state index contributed by atoms with van der Waals surface area (Å²) in [5, 5.41) is 5.75. The van der Waals surface area contributed by atoms with E-state index in [2.05, 4.69) is 59.9 Å². The van der Waals surface area contributed by atoms with Crippen molar-refractivity contribution in [1.82, 2.24) is 5.32 Å². The van der Waals surface area contributed by atoms with Gasteiger partial charge in [0.05, 0.1) is 6.61 Å². The predicted octanol–water partition coefficient (Wildman–Crippen LogP) is 4.57. The van der Waals surface area contributed by atoms with Gasteiger partial charge in [-0.25, -0.2) is 0 Å². The van der Waals surface area contributed by atoms with Crippen LogP contribution in [0.25, 0.3) is 10.8 Å². The lowest BCUT2D eigenvalue weighted by Crippen LogP contribution is -2.19. The molecule has 1 N–H and O–H groups in total. The van der Waals surface area contributed by atoms with Crippen LogP contribution in [0.4, 0.5) is 0 Å². The minimum Gasteiger partial charge on any atom is -0.493 e. The van der Waals surface area contributed by atoms with Crippen LogP contribution < -0.4 is 10.1 Å². The maximum atomic E-state index is 6.03. The van der Waals surface area contributed by atoms with Crippen molar-refractivity contribution in [2.75, 3.05) is 13.7 Å². The second-order valence-corrected chi connectivity index (χ2v) is 5.37. The summed E-state index contributed by atoms with van der Waals surface area (Å²) in [6.07, 6.45) is 0.934. The zero-order chi connectivity index (χ0) is 15.2. The van der Waals surface area contributed by atoms with Gasteiger partial charge in [-0.05, 0) is 24.1 Å². The van der Waals surface area contributed by atoms with Crippen LogP contribution >= 0.6 is 0 Å². The maximum absolute atomic E-state index is 6.03. The zero-order valence-electron chi connectivity index (χ0n) is 12.8. The monoisotopic (exact) mass is 291 g/mol. The lowest BCUT2D eigenvalue weighted by Gasteiger charge is -2.17. The molecule has 0 heterocycles. The number of nitrogens with one attached hydrogen (secondary N) is 1. The van der Waals surface area contributed by atoms with Crippen LogP contribution in [0.5, 0.6) is 5.75 Å². The SMILES string of the molecule is CNC(CCOc1cccc2ccccc12)c1ccccc1. The molecule has 0 amide bonds. The lowest BCUT2D eigenvalue weighted by atomic mass is 10.0. The van der Waals surface area contributed by atoms with E-state index in [0.29, 0.717) is 12.6 Å². The first-order valence-electron chi connectivity index (χ1n) is 7.71. The molecule has 3 aromatic carbocycles. The molecule has 0 saturated carbocycles. The van der Waals surface area contributed by atoms with Crippen molar-refractivity contribution in [2.24, 2.45) is 0 Å². The third kappa shape index (κ3) is 3.29.